The third kappa shape index (κ3) is 27.8. The van der Waals surface area contributed by atoms with Crippen LogP contribution >= 0.6 is 0 Å². The molecule has 0 aromatic carbocycles. The number of hydrogen-bond donors (Lipinski definition) is 2. The van der Waals surface area contributed by atoms with Gasteiger partial charge in [-0.1, -0.05) is 129 Å². The van der Waals surface area contributed by atoms with E-state index in [2.05, 4.69) is 24.1 Å². The number of carbonyl (C=O) groups is 7. The Balaban J connectivity index is 2.91. The van der Waals surface area contributed by atoms with Gasteiger partial charge in [-0.15, -0.1) is 0 Å². The zero-order valence-electron chi connectivity index (χ0n) is 38.3. The minimum absolute atomic E-state index is 0.175. The summed E-state index contributed by atoms with van der Waals surface area (Å²) in [6.45, 7) is 10.0. The Bertz CT molecular complexity index is 1330. The monoisotopic (exact) mass is 883 g/mol. The molecule has 2 N–H and O–H groups in total. The number of esters is 5. The van der Waals surface area contributed by atoms with Crippen LogP contribution in [0.25, 0.3) is 0 Å². The van der Waals surface area contributed by atoms with Crippen LogP contribution in [0.2, 0.25) is 0 Å². The second kappa shape index (κ2) is 35.4. The Kier molecular flexibility index (Phi) is 32.0. The number of nitrogens with one attached hydrogen (secondary N) is 2. The van der Waals surface area contributed by atoms with E-state index >= 15 is 0 Å². The number of hydrogen-bond acceptors (Lipinski definition) is 14. The SMILES string of the molecule is C=CCOC(=O)CCCCCCCCCCC(=O)NC(CO[C@@H]1O[C@H](COC(C)=O)[C@H](OC(C)=O)[C@H](OC(C)=O)[C@H]1OC(C)=O)C(=O)NCCCCCCCCCCCCCC. The van der Waals surface area contributed by atoms with Crippen LogP contribution in [-0.4, -0.2) is 105 Å². The predicted molar refractivity (Wildman–Crippen MR) is 231 cm³/mol. The van der Waals surface area contributed by atoms with Crippen LogP contribution in [0, 0.1) is 0 Å². The van der Waals surface area contributed by atoms with Gasteiger partial charge >= 0.3 is 29.8 Å². The average Bonchev–Trinajstić information content (AvgIpc) is 3.21. The summed E-state index contributed by atoms with van der Waals surface area (Å²) >= 11 is 0. The van der Waals surface area contributed by atoms with E-state index in [0.717, 1.165) is 91.4 Å². The molecule has 0 aromatic rings. The highest BCUT2D eigenvalue weighted by molar-refractivity contribution is 5.87. The van der Waals surface area contributed by atoms with Crippen LogP contribution in [0.5, 0.6) is 0 Å². The lowest BCUT2D eigenvalue weighted by molar-refractivity contribution is -0.308. The molecule has 1 unspecified atom stereocenters. The Hall–Kier alpha value is -4.05. The molecule has 6 atom stereocenters. The zero-order chi connectivity index (χ0) is 46.0. The average molecular weight is 883 g/mol. The van der Waals surface area contributed by atoms with Gasteiger partial charge in [0.15, 0.2) is 24.6 Å². The largest absolute Gasteiger partial charge is 0.463 e. The van der Waals surface area contributed by atoms with Crippen molar-refractivity contribution in [1.29, 1.82) is 0 Å². The lowest BCUT2D eigenvalue weighted by Gasteiger charge is -2.44. The van der Waals surface area contributed by atoms with Crippen LogP contribution in [0.15, 0.2) is 12.7 Å². The summed E-state index contributed by atoms with van der Waals surface area (Å²) in [5, 5.41) is 5.68. The smallest absolute Gasteiger partial charge is 0.306 e. The molecule has 16 nitrogen and oxygen atoms in total. The molecular weight excluding hydrogens is 805 g/mol. The van der Waals surface area contributed by atoms with E-state index in [0.29, 0.717) is 19.4 Å². The van der Waals surface area contributed by atoms with E-state index in [-0.39, 0.29) is 24.9 Å². The van der Waals surface area contributed by atoms with E-state index < -0.39 is 79.7 Å². The first kappa shape index (κ1) is 56.0. The zero-order valence-corrected chi connectivity index (χ0v) is 38.3. The van der Waals surface area contributed by atoms with Crippen molar-refractivity contribution in [3.05, 3.63) is 12.7 Å². The van der Waals surface area contributed by atoms with Gasteiger partial charge < -0.3 is 43.8 Å². The molecule has 16 heteroatoms. The van der Waals surface area contributed by atoms with Crippen molar-refractivity contribution < 1.29 is 66.7 Å². The molecule has 1 heterocycles. The van der Waals surface area contributed by atoms with Crippen LogP contribution in [-0.2, 0) is 66.7 Å². The van der Waals surface area contributed by atoms with Gasteiger partial charge in [-0.3, -0.25) is 33.6 Å². The molecule has 356 valence electrons. The van der Waals surface area contributed by atoms with Gasteiger partial charge in [-0.25, -0.2) is 0 Å². The molecule has 1 rings (SSSR count). The first-order chi connectivity index (χ1) is 29.8. The highest BCUT2D eigenvalue weighted by atomic mass is 16.7. The fourth-order valence-electron chi connectivity index (χ4n) is 7.10. The second-order valence-corrected chi connectivity index (χ2v) is 16.0. The summed E-state index contributed by atoms with van der Waals surface area (Å²) in [5.74, 6) is -4.08. The summed E-state index contributed by atoms with van der Waals surface area (Å²) in [6, 6.07) is -1.18. The predicted octanol–water partition coefficient (Wildman–Crippen LogP) is 7.02. The van der Waals surface area contributed by atoms with Crippen molar-refractivity contribution in [2.75, 3.05) is 26.4 Å². The van der Waals surface area contributed by atoms with Crippen LogP contribution in [0.3, 0.4) is 0 Å². The topological polar surface area (TPSA) is 208 Å². The highest BCUT2D eigenvalue weighted by Crippen LogP contribution is 2.30. The van der Waals surface area contributed by atoms with Gasteiger partial charge in [0.05, 0.1) is 6.61 Å². The van der Waals surface area contributed by atoms with Gasteiger partial charge in [-0.2, -0.15) is 0 Å². The second-order valence-electron chi connectivity index (χ2n) is 16.0. The highest BCUT2D eigenvalue weighted by Gasteiger charge is 2.53. The normalized spacial score (nSPS) is 18.8. The van der Waals surface area contributed by atoms with Gasteiger partial charge in [0.25, 0.3) is 0 Å². The Labute approximate surface area is 369 Å². The van der Waals surface area contributed by atoms with E-state index in [9.17, 15) is 33.6 Å². The number of ether oxygens (including phenoxy) is 7. The molecule has 62 heavy (non-hydrogen) atoms. The van der Waals surface area contributed by atoms with Gasteiger partial charge in [0.1, 0.15) is 25.4 Å². The summed E-state index contributed by atoms with van der Waals surface area (Å²) in [5.41, 5.74) is 0. The number of unbranched alkanes of at least 4 members (excludes halogenated alkanes) is 18. The number of rotatable bonds is 36. The molecule has 0 saturated carbocycles. The first-order valence-electron chi connectivity index (χ1n) is 23.0. The Morgan fingerprint density at radius 3 is 1.60 bits per heavy atom. The lowest BCUT2D eigenvalue weighted by Crippen LogP contribution is -2.63. The van der Waals surface area contributed by atoms with Crippen LogP contribution in [0.1, 0.15) is 176 Å². The molecule has 0 spiro atoms. The van der Waals surface area contributed by atoms with Crippen molar-refractivity contribution >= 4 is 41.7 Å². The molecule has 0 radical (unpaired) electrons. The van der Waals surface area contributed by atoms with Crippen molar-refractivity contribution in [3.63, 3.8) is 0 Å². The van der Waals surface area contributed by atoms with Gasteiger partial charge in [-0.05, 0) is 19.3 Å². The summed E-state index contributed by atoms with van der Waals surface area (Å²) in [6.07, 6.45) is 16.3. The summed E-state index contributed by atoms with van der Waals surface area (Å²) < 4.78 is 38.6. The van der Waals surface area contributed by atoms with Crippen LogP contribution in [0.4, 0.5) is 0 Å². The first-order valence-corrected chi connectivity index (χ1v) is 23.0. The van der Waals surface area contributed by atoms with E-state index in [1.807, 2.05) is 0 Å². The Morgan fingerprint density at radius 2 is 1.08 bits per heavy atom. The third-order valence-corrected chi connectivity index (χ3v) is 10.3. The van der Waals surface area contributed by atoms with Crippen molar-refractivity contribution in [1.82, 2.24) is 10.6 Å². The standard InChI is InChI=1S/C46H78N2O14/c1-7-9-10-11-12-13-14-15-18-21-24-27-30-47-45(55)38(48-40(53)28-25-22-19-16-17-20-23-26-29-41(54)56-31-8-2)32-58-46-44(61-37(6)52)43(60-36(5)51)42(59-35(4)50)39(62-46)33-57-34(3)49/h8,38-39,42-44,46H,2,7,9-33H2,1,3-6H3,(H,47,55)(H,48,53)/t38?,39-,42+,43+,44-,46-/m1/s1. The minimum atomic E-state index is -1.51. The fraction of sp³-hybridized carbons (Fsp3) is 0.804. The number of amides is 2. The molecule has 0 aliphatic carbocycles. The van der Waals surface area contributed by atoms with Crippen molar-refractivity contribution in [2.45, 2.75) is 213 Å². The van der Waals surface area contributed by atoms with E-state index in [1.54, 1.807) is 6.08 Å². The molecule has 1 fully saturated rings. The summed E-state index contributed by atoms with van der Waals surface area (Å²) in [4.78, 5) is 86.8. The maximum absolute atomic E-state index is 13.6. The van der Waals surface area contributed by atoms with E-state index in [4.69, 9.17) is 33.2 Å². The quantitative estimate of drug-likeness (QED) is 0.0281. The lowest BCUT2D eigenvalue weighted by atomic mass is 9.98. The molecular formula is C46H78N2O14. The molecule has 1 aliphatic rings. The molecule has 2 amide bonds. The Morgan fingerprint density at radius 1 is 0.597 bits per heavy atom. The molecule has 1 saturated heterocycles. The van der Waals surface area contributed by atoms with Crippen molar-refractivity contribution in [3.8, 4) is 0 Å². The van der Waals surface area contributed by atoms with Crippen molar-refractivity contribution in [2.24, 2.45) is 0 Å². The maximum atomic E-state index is 13.6. The van der Waals surface area contributed by atoms with Gasteiger partial charge in [0.2, 0.25) is 11.8 Å². The number of carbonyl (C=O) groups excluding carboxylic acids is 7. The molecule has 0 aromatic heterocycles. The summed E-state index contributed by atoms with van der Waals surface area (Å²) in [7, 11) is 0. The third-order valence-electron chi connectivity index (χ3n) is 10.3. The fourth-order valence-corrected chi connectivity index (χ4v) is 7.10. The molecule has 1 aliphatic heterocycles. The van der Waals surface area contributed by atoms with Gasteiger partial charge in [0, 0.05) is 47.1 Å². The maximum Gasteiger partial charge on any atom is 0.306 e. The van der Waals surface area contributed by atoms with E-state index in [1.165, 1.54) is 58.3 Å². The van der Waals surface area contributed by atoms with Crippen LogP contribution < -0.4 is 10.6 Å². The minimum Gasteiger partial charge on any atom is -0.463 e. The molecule has 0 bridgehead atoms.